The number of thiophene rings is 1. The first kappa shape index (κ1) is 25.4. The van der Waals surface area contributed by atoms with Crippen molar-refractivity contribution in [2.75, 3.05) is 46.0 Å². The second-order valence-electron chi connectivity index (χ2n) is 8.14. The zero-order valence-corrected chi connectivity index (χ0v) is 19.9. The lowest BCUT2D eigenvalue weighted by Crippen LogP contribution is -2.48. The summed E-state index contributed by atoms with van der Waals surface area (Å²) in [5, 5.41) is 12.3. The minimum Gasteiger partial charge on any atom is -0.491 e. The third-order valence-electron chi connectivity index (χ3n) is 5.53. The quantitative estimate of drug-likeness (QED) is 0.353. The lowest BCUT2D eigenvalue weighted by atomic mass is 10.0. The monoisotopic (exact) mass is 476 g/mol. The van der Waals surface area contributed by atoms with Crippen LogP contribution < -0.4 is 4.74 Å². The molecule has 0 spiro atoms. The van der Waals surface area contributed by atoms with E-state index in [9.17, 15) is 14.3 Å². The number of aliphatic hydroxyl groups is 1. The summed E-state index contributed by atoms with van der Waals surface area (Å²) in [6, 6.07) is 7.86. The summed E-state index contributed by atoms with van der Waals surface area (Å²) in [6.45, 7) is 8.36. The SMILES string of the molecule is C=CCOC[C@@H](O)CN(CCC)CC(=O)N1CCc2sccc2[C@@H]1COc1cccc(F)c1. The van der Waals surface area contributed by atoms with Crippen LogP contribution in [0.2, 0.25) is 0 Å². The standard InChI is InChI=1S/C25H33FN2O4S/c1-3-10-27(15-20(29)17-31-12-4-2)16-25(30)28-11-8-24-22(9-13-33-24)23(28)18-32-21-7-5-6-19(26)14-21/h4-7,9,13-14,20,23,29H,2-3,8,10-12,15-18H2,1H3/t20-,23-/m0/s1. The summed E-state index contributed by atoms with van der Waals surface area (Å²) in [7, 11) is 0. The van der Waals surface area contributed by atoms with Crippen molar-refractivity contribution in [2.24, 2.45) is 0 Å². The molecule has 1 N–H and O–H groups in total. The molecule has 1 aromatic carbocycles. The Morgan fingerprint density at radius 1 is 1.45 bits per heavy atom. The zero-order chi connectivity index (χ0) is 23.6. The Labute approximate surface area is 199 Å². The topological polar surface area (TPSA) is 62.2 Å². The molecule has 2 atom stereocenters. The highest BCUT2D eigenvalue weighted by Gasteiger charge is 2.33. The van der Waals surface area contributed by atoms with Gasteiger partial charge in [0.05, 0.1) is 31.9 Å². The highest BCUT2D eigenvalue weighted by molar-refractivity contribution is 7.10. The number of rotatable bonds is 13. The molecule has 2 aromatic rings. The van der Waals surface area contributed by atoms with E-state index in [1.165, 1.54) is 17.0 Å². The van der Waals surface area contributed by atoms with E-state index in [2.05, 4.69) is 6.58 Å². The third-order valence-corrected chi connectivity index (χ3v) is 6.53. The fourth-order valence-electron chi connectivity index (χ4n) is 4.08. The number of carbonyl (C=O) groups is 1. The number of halogens is 1. The van der Waals surface area contributed by atoms with Crippen LogP contribution in [0.4, 0.5) is 4.39 Å². The van der Waals surface area contributed by atoms with Crippen molar-refractivity contribution in [3.63, 3.8) is 0 Å². The number of aliphatic hydroxyl groups excluding tert-OH is 1. The molecule has 0 aliphatic carbocycles. The lowest BCUT2D eigenvalue weighted by Gasteiger charge is -2.37. The van der Waals surface area contributed by atoms with Crippen molar-refractivity contribution in [3.8, 4) is 5.75 Å². The molecule has 0 unspecified atom stereocenters. The van der Waals surface area contributed by atoms with Crippen LogP contribution in [-0.4, -0.2) is 72.9 Å². The summed E-state index contributed by atoms with van der Waals surface area (Å²) < 4.78 is 24.8. The Hall–Kier alpha value is -2.26. The maximum Gasteiger partial charge on any atom is 0.237 e. The summed E-state index contributed by atoms with van der Waals surface area (Å²) in [4.78, 5) is 18.5. The van der Waals surface area contributed by atoms with Gasteiger partial charge in [0.1, 0.15) is 18.2 Å². The Kier molecular flexibility index (Phi) is 9.87. The van der Waals surface area contributed by atoms with Crippen LogP contribution in [-0.2, 0) is 16.0 Å². The first-order chi connectivity index (χ1) is 16.0. The highest BCUT2D eigenvalue weighted by atomic mass is 32.1. The van der Waals surface area contributed by atoms with Crippen LogP contribution >= 0.6 is 11.3 Å². The lowest BCUT2D eigenvalue weighted by molar-refractivity contribution is -0.136. The molecule has 1 amide bonds. The predicted octanol–water partition coefficient (Wildman–Crippen LogP) is 3.67. The van der Waals surface area contributed by atoms with Gasteiger partial charge in [0.25, 0.3) is 0 Å². The number of benzene rings is 1. The van der Waals surface area contributed by atoms with Gasteiger partial charge in [0.2, 0.25) is 5.91 Å². The van der Waals surface area contributed by atoms with Crippen LogP contribution in [0, 0.1) is 5.82 Å². The van der Waals surface area contributed by atoms with E-state index in [0.29, 0.717) is 32.0 Å². The van der Waals surface area contributed by atoms with Gasteiger partial charge < -0.3 is 19.5 Å². The van der Waals surface area contributed by atoms with Gasteiger partial charge in [-0.25, -0.2) is 4.39 Å². The van der Waals surface area contributed by atoms with E-state index in [4.69, 9.17) is 9.47 Å². The van der Waals surface area contributed by atoms with Crippen molar-refractivity contribution in [1.29, 1.82) is 0 Å². The summed E-state index contributed by atoms with van der Waals surface area (Å²) in [5.74, 6) is 0.0819. The van der Waals surface area contributed by atoms with Crippen molar-refractivity contribution in [2.45, 2.75) is 31.9 Å². The van der Waals surface area contributed by atoms with Gasteiger partial charge in [-0.1, -0.05) is 19.1 Å². The van der Waals surface area contributed by atoms with Gasteiger partial charge in [-0.05, 0) is 48.5 Å². The summed E-state index contributed by atoms with van der Waals surface area (Å²) in [6.07, 6.45) is 2.64. The first-order valence-corrected chi connectivity index (χ1v) is 12.2. The van der Waals surface area contributed by atoms with Gasteiger partial charge in [0.15, 0.2) is 0 Å². The Bertz CT molecular complexity index is 906. The second-order valence-corrected chi connectivity index (χ2v) is 9.14. The Morgan fingerprint density at radius 2 is 2.30 bits per heavy atom. The van der Waals surface area contributed by atoms with Crippen LogP contribution in [0.25, 0.3) is 0 Å². The minimum absolute atomic E-state index is 0.00708. The largest absolute Gasteiger partial charge is 0.491 e. The smallest absolute Gasteiger partial charge is 0.237 e. The van der Waals surface area contributed by atoms with E-state index in [0.717, 1.165) is 18.4 Å². The minimum atomic E-state index is -0.679. The number of nitrogens with zero attached hydrogens (tertiary/aromatic N) is 2. The average Bonchev–Trinajstić information content (AvgIpc) is 3.27. The molecule has 6 nitrogen and oxygen atoms in total. The average molecular weight is 477 g/mol. The fraction of sp³-hybridized carbons (Fsp3) is 0.480. The number of fused-ring (bicyclic) bond motifs is 1. The van der Waals surface area contributed by atoms with Crippen molar-refractivity contribution in [1.82, 2.24) is 9.80 Å². The number of ether oxygens (including phenoxy) is 2. The molecular weight excluding hydrogens is 443 g/mol. The molecule has 1 aliphatic heterocycles. The molecule has 33 heavy (non-hydrogen) atoms. The molecule has 0 bridgehead atoms. The van der Waals surface area contributed by atoms with E-state index in [1.54, 1.807) is 29.5 Å². The maximum atomic E-state index is 13.6. The predicted molar refractivity (Wildman–Crippen MR) is 128 cm³/mol. The molecule has 3 rings (SSSR count). The number of amides is 1. The van der Waals surface area contributed by atoms with Gasteiger partial charge in [-0.15, -0.1) is 17.9 Å². The van der Waals surface area contributed by atoms with Gasteiger partial charge in [-0.3, -0.25) is 9.69 Å². The molecule has 0 radical (unpaired) electrons. The Balaban J connectivity index is 1.67. The summed E-state index contributed by atoms with van der Waals surface area (Å²) >= 11 is 1.69. The van der Waals surface area contributed by atoms with E-state index < -0.39 is 6.10 Å². The molecular formula is C25H33FN2O4S. The first-order valence-electron chi connectivity index (χ1n) is 11.3. The molecule has 2 heterocycles. The van der Waals surface area contributed by atoms with Crippen molar-refractivity contribution in [3.05, 3.63) is 64.6 Å². The molecule has 180 valence electrons. The van der Waals surface area contributed by atoms with Gasteiger partial charge >= 0.3 is 0 Å². The third kappa shape index (κ3) is 7.37. The molecule has 1 aliphatic rings. The number of hydrogen-bond acceptors (Lipinski definition) is 6. The van der Waals surface area contributed by atoms with Crippen LogP contribution in [0.5, 0.6) is 5.75 Å². The summed E-state index contributed by atoms with van der Waals surface area (Å²) in [5.41, 5.74) is 1.09. The van der Waals surface area contributed by atoms with E-state index in [1.807, 2.05) is 28.2 Å². The van der Waals surface area contributed by atoms with Crippen molar-refractivity contribution >= 4 is 17.2 Å². The molecule has 0 fully saturated rings. The zero-order valence-electron chi connectivity index (χ0n) is 19.1. The van der Waals surface area contributed by atoms with Gasteiger partial charge in [-0.2, -0.15) is 0 Å². The molecule has 0 saturated heterocycles. The molecule has 8 heteroatoms. The number of carbonyl (C=O) groups excluding carboxylic acids is 1. The van der Waals surface area contributed by atoms with E-state index in [-0.39, 0.29) is 37.5 Å². The van der Waals surface area contributed by atoms with Gasteiger partial charge in [0, 0.05) is 24.0 Å². The molecule has 1 aromatic heterocycles. The normalized spacial score (nSPS) is 16.5. The maximum absolute atomic E-state index is 13.6. The van der Waals surface area contributed by atoms with Crippen LogP contribution in [0.15, 0.2) is 48.4 Å². The van der Waals surface area contributed by atoms with Crippen LogP contribution in [0.3, 0.4) is 0 Å². The van der Waals surface area contributed by atoms with Crippen molar-refractivity contribution < 1.29 is 23.8 Å². The second kappa shape index (κ2) is 12.8. The Morgan fingerprint density at radius 3 is 3.06 bits per heavy atom. The van der Waals surface area contributed by atoms with Crippen LogP contribution in [0.1, 0.15) is 29.8 Å². The highest BCUT2D eigenvalue weighted by Crippen LogP contribution is 2.34. The molecule has 0 saturated carbocycles. The fourth-order valence-corrected chi connectivity index (χ4v) is 5.01. The van der Waals surface area contributed by atoms with E-state index >= 15 is 0 Å². The number of hydrogen-bond donors (Lipinski definition) is 1.